The second-order valence-corrected chi connectivity index (χ2v) is 30.0. The molecule has 4 rings (SSSR count). The Labute approximate surface area is 640 Å². The summed E-state index contributed by atoms with van der Waals surface area (Å²) in [5.41, 5.74) is 22.6. The zero-order chi connectivity index (χ0) is 81.0. The average molecular weight is 1610 g/mol. The van der Waals surface area contributed by atoms with Gasteiger partial charge in [0.15, 0.2) is 17.9 Å². The number of aliphatic hydroxyl groups is 1. The molecule has 0 saturated carbocycles. The lowest BCUT2D eigenvalue weighted by Gasteiger charge is -2.31. The van der Waals surface area contributed by atoms with Gasteiger partial charge in [0.2, 0.25) is 82.7 Å². The highest BCUT2D eigenvalue weighted by atomic mass is 33.1. The third-order valence-electron chi connectivity index (χ3n) is 16.3. The maximum atomic E-state index is 15.2. The van der Waals surface area contributed by atoms with E-state index in [0.717, 1.165) is 48.1 Å². The normalized spacial score (nSPS) is 24.0. The van der Waals surface area contributed by atoms with E-state index in [1.54, 1.807) is 0 Å². The number of rotatable bonds is 26. The lowest BCUT2D eigenvalue weighted by atomic mass is 10.0. The number of fused-ring (bicyclic) bond motifs is 6. The summed E-state index contributed by atoms with van der Waals surface area (Å²) >= 11 is 0. The Morgan fingerprint density at radius 2 is 1.01 bits per heavy atom. The maximum Gasteiger partial charge on any atom is 0.325 e. The Hall–Kier alpha value is -10.3. The van der Waals surface area contributed by atoms with E-state index in [4.69, 9.17) is 39.2 Å². The molecule has 0 aliphatic carbocycles. The Morgan fingerprint density at radius 3 is 1.53 bits per heavy atom. The van der Waals surface area contributed by atoms with Crippen molar-refractivity contribution >= 4 is 156 Å². The molecule has 0 spiro atoms. The Bertz CT molecular complexity index is 3460. The van der Waals surface area contributed by atoms with E-state index in [1.807, 2.05) is 0 Å². The molecule has 13 atom stereocenters. The molecule has 3 aliphatic rings. The molecule has 0 unspecified atom stereocenters. The molecule has 31 N–H and O–H groups in total. The number of aliphatic carboxylic acids is 2. The van der Waals surface area contributed by atoms with Crippen molar-refractivity contribution in [3.63, 3.8) is 0 Å². The minimum atomic E-state index is -2.01. The van der Waals surface area contributed by atoms with Gasteiger partial charge >= 0.3 is 11.9 Å². The van der Waals surface area contributed by atoms with Crippen LogP contribution in [0.3, 0.4) is 0 Å². The van der Waals surface area contributed by atoms with Gasteiger partial charge in [0.25, 0.3) is 0 Å². The number of aromatic hydroxyl groups is 1. The number of nitrogens with zero attached hydrogens (tertiary/aromatic N) is 1. The largest absolute Gasteiger partial charge is 0.508 e. The lowest BCUT2D eigenvalue weighted by molar-refractivity contribution is -0.146. The first-order valence-corrected chi connectivity index (χ1v) is 39.1. The van der Waals surface area contributed by atoms with Crippen molar-refractivity contribution < 1.29 is 97.1 Å². The number of carboxylic acids is 2. The van der Waals surface area contributed by atoms with E-state index in [2.05, 4.69) is 85.1 Å². The van der Waals surface area contributed by atoms with Crippen LogP contribution in [-0.4, -0.2) is 285 Å². The van der Waals surface area contributed by atoms with Crippen molar-refractivity contribution in [1.29, 1.82) is 16.2 Å². The lowest BCUT2D eigenvalue weighted by Crippen LogP contribution is -2.61. The van der Waals surface area contributed by atoms with Crippen molar-refractivity contribution in [3.05, 3.63) is 29.8 Å². The summed E-state index contributed by atoms with van der Waals surface area (Å²) in [6, 6.07) is -16.4. The maximum absolute atomic E-state index is 15.2. The first-order chi connectivity index (χ1) is 51.6. The number of nitrogens with two attached hydrogens (primary N) is 4. The molecular weight excluding hydrogens is 1520 g/mol. The molecule has 44 nitrogen and oxygen atoms in total. The van der Waals surface area contributed by atoms with E-state index in [9.17, 15) is 82.8 Å². The summed E-state index contributed by atoms with van der Waals surface area (Å²) in [5.74, 6) is -21.7. The van der Waals surface area contributed by atoms with Gasteiger partial charge in [-0.3, -0.25) is 92.9 Å². The molecule has 1 aromatic carbocycles. The van der Waals surface area contributed by atoms with Crippen LogP contribution in [0.25, 0.3) is 0 Å². The van der Waals surface area contributed by atoms with Gasteiger partial charge in [-0.05, 0) is 82.9 Å². The van der Waals surface area contributed by atoms with Gasteiger partial charge < -0.3 is 133 Å². The highest BCUT2D eigenvalue weighted by Crippen LogP contribution is 2.27. The first-order valence-electron chi connectivity index (χ1n) is 34.1. The van der Waals surface area contributed by atoms with Crippen LogP contribution in [0.1, 0.15) is 77.2 Å². The van der Waals surface area contributed by atoms with Crippen LogP contribution >= 0.6 is 43.2 Å². The number of amides is 14. The zero-order valence-corrected chi connectivity index (χ0v) is 62.6. The van der Waals surface area contributed by atoms with E-state index < -0.39 is 247 Å². The molecule has 2 bridgehead atoms. The number of carbonyl (C=O) groups excluding carboxylic acids is 14. The molecule has 3 aliphatic heterocycles. The van der Waals surface area contributed by atoms with Crippen LogP contribution in [-0.2, 0) is 83.1 Å². The summed E-state index contributed by atoms with van der Waals surface area (Å²) in [7, 11) is 3.07. The van der Waals surface area contributed by atoms with Crippen molar-refractivity contribution in [2.75, 3.05) is 68.9 Å². The molecule has 109 heavy (non-hydrogen) atoms. The number of benzene rings is 1. The average Bonchev–Trinajstić information content (AvgIpc) is 1.75. The molecule has 3 saturated heterocycles. The summed E-state index contributed by atoms with van der Waals surface area (Å²) in [4.78, 5) is 225. The standard InChI is InChI=1S/C61H96N24O20S4/c1-28(46(92)74-29(2)58(104)105)73-44(89)22-72-47(93)38-24-106-107-25-39(75-43(88)21-62)53(99)84-41-27-109-108-26-40(83-50(96)34(9-5-17-71-61(67)68)78-56(102)42-10-6-18-85(42)57(103)36(20-45(90)91)80-52(98)37(23-86)81-55(41)101)54(100)77-32(7-3-15-69-59(63)64)48(94)79-35(19-30-11-13-31(87)14-12-30)51(97)76-33(49(95)82-38)8-4-16-70-60(65)66/h11-14,28-29,32-42,86-87H,3-10,15-27,62H2,1-2H3,(H,72,93)(H,73,89)(H,74,92)(H,75,88)(H,76,97)(H,77,100)(H,78,102)(H,79,94)(H,80,98)(H,81,101)(H,82,95)(H,83,96)(H,84,99)(H,90,91)(H,104,105)(H4,63,64,69)(H4,65,66,70)(H4,67,68,71)/t28-,29-,32-,33-,34-,35-,36-,37-,38-,39-,40-,41-,42-/m0/s1. The van der Waals surface area contributed by atoms with E-state index in [0.29, 0.717) is 5.56 Å². The molecular formula is C61H96N24O20S4. The second-order valence-electron chi connectivity index (χ2n) is 24.9. The summed E-state index contributed by atoms with van der Waals surface area (Å²) in [6.07, 6.45) is -2.43. The summed E-state index contributed by atoms with van der Waals surface area (Å²) in [5, 5.41) is 103. The number of phenolic OH excluding ortho intramolecular Hbond substituents is 1. The predicted molar refractivity (Wildman–Crippen MR) is 397 cm³/mol. The number of aliphatic hydroxyl groups excluding tert-OH is 1. The number of carboxylic acid groups (broad SMARTS) is 2. The fourth-order valence-corrected chi connectivity index (χ4v) is 15.1. The molecule has 3 fully saturated rings. The number of phenols is 1. The fraction of sp³-hybridized carbons (Fsp3) is 0.590. The van der Waals surface area contributed by atoms with Crippen LogP contribution in [0.5, 0.6) is 5.75 Å². The minimum absolute atomic E-state index is 0.00328. The Morgan fingerprint density at radius 1 is 0.550 bits per heavy atom. The Balaban J connectivity index is 1.99. The highest BCUT2D eigenvalue weighted by Gasteiger charge is 2.42. The third-order valence-corrected chi connectivity index (χ3v) is 21.1. The number of guanidine groups is 3. The van der Waals surface area contributed by atoms with Crippen LogP contribution in [0, 0.1) is 16.2 Å². The first kappa shape index (κ1) is 91.1. The van der Waals surface area contributed by atoms with Crippen molar-refractivity contribution in [1.82, 2.24) is 90.0 Å². The van der Waals surface area contributed by atoms with Crippen LogP contribution in [0.4, 0.5) is 0 Å². The smallest absolute Gasteiger partial charge is 0.325 e. The van der Waals surface area contributed by atoms with Gasteiger partial charge in [-0.15, -0.1) is 0 Å². The van der Waals surface area contributed by atoms with Crippen LogP contribution in [0.2, 0.25) is 0 Å². The Kier molecular flexibility index (Phi) is 39.1. The molecule has 14 amide bonds. The zero-order valence-electron chi connectivity index (χ0n) is 59.4. The van der Waals surface area contributed by atoms with Crippen LogP contribution in [0.15, 0.2) is 24.3 Å². The van der Waals surface area contributed by atoms with Gasteiger partial charge in [-0.2, -0.15) is 0 Å². The summed E-state index contributed by atoms with van der Waals surface area (Å²) in [6.45, 7) is -0.816. The summed E-state index contributed by atoms with van der Waals surface area (Å²) < 4.78 is 0. The number of hydrogen-bond acceptors (Lipinski definition) is 26. The molecule has 48 heteroatoms. The minimum Gasteiger partial charge on any atom is -0.508 e. The van der Waals surface area contributed by atoms with Gasteiger partial charge in [-0.25, -0.2) is 0 Å². The van der Waals surface area contributed by atoms with E-state index >= 15 is 14.4 Å². The van der Waals surface area contributed by atoms with Crippen LogP contribution < -0.4 is 108 Å². The number of hydrogen-bond donors (Lipinski definition) is 27. The van der Waals surface area contributed by atoms with Crippen molar-refractivity contribution in [2.45, 2.75) is 157 Å². The van der Waals surface area contributed by atoms with E-state index in [1.165, 1.54) is 38.1 Å². The van der Waals surface area contributed by atoms with Gasteiger partial charge in [0.1, 0.15) is 84.3 Å². The fourth-order valence-electron chi connectivity index (χ4n) is 10.5. The topological polar surface area (TPSA) is 725 Å². The molecule has 0 aromatic heterocycles. The predicted octanol–water partition coefficient (Wildman–Crippen LogP) is -10.0. The number of nitrogens with one attached hydrogen (secondary N) is 19. The van der Waals surface area contributed by atoms with E-state index in [-0.39, 0.29) is 83.3 Å². The van der Waals surface area contributed by atoms with Crippen molar-refractivity contribution in [3.8, 4) is 5.75 Å². The van der Waals surface area contributed by atoms with Gasteiger partial charge in [0, 0.05) is 55.6 Å². The molecule has 604 valence electrons. The van der Waals surface area contributed by atoms with Crippen molar-refractivity contribution in [2.24, 2.45) is 22.9 Å². The molecule has 1 aromatic rings. The monoisotopic (exact) mass is 1610 g/mol. The highest BCUT2D eigenvalue weighted by molar-refractivity contribution is 8.77. The van der Waals surface area contributed by atoms with Gasteiger partial charge in [0.05, 0.1) is 26.1 Å². The van der Waals surface area contributed by atoms with Gasteiger partial charge in [-0.1, -0.05) is 55.3 Å². The third kappa shape index (κ3) is 32.6. The molecule has 0 radical (unpaired) electrons. The number of carbonyl (C=O) groups is 16. The second kappa shape index (κ2) is 46.8. The SMILES string of the molecule is C[C@H](NC(=O)[C@H](C)NC(=O)CNC(=O)[C@@H]1CSSC[C@H](NC(=O)CN)C(=O)N[C@H]2CSSC[C@H](NC(=O)[C@H](CCCNC(=N)N)NC(=O)[C@@H]3CCCN3C(=O)[C@H](CC(=O)O)NC(=O)[C@H](CO)NC2=O)C(=O)N[C@@H](CCCNC(=N)N)C(=O)N[C@@H](Cc2ccc(O)cc2)C(=O)N[C@@H](CCCNC(=N)N)C(=O)N1)C(=O)O. The quantitative estimate of drug-likeness (QED) is 0.0177. The molecule has 3 heterocycles.